The van der Waals surface area contributed by atoms with Crippen LogP contribution in [-0.2, 0) is 4.79 Å². The summed E-state index contributed by atoms with van der Waals surface area (Å²) in [5.74, 6) is -1.10. The summed E-state index contributed by atoms with van der Waals surface area (Å²) >= 11 is 0. The highest BCUT2D eigenvalue weighted by Crippen LogP contribution is 2.13. The van der Waals surface area contributed by atoms with E-state index in [1.165, 1.54) is 12.1 Å². The summed E-state index contributed by atoms with van der Waals surface area (Å²) < 4.78 is 0. The largest absolute Gasteiger partial charge is 0.545 e. The van der Waals surface area contributed by atoms with E-state index in [4.69, 9.17) is 5.11 Å². The number of carbonyl (C=O) groups excluding carboxylic acids is 2. The number of carboxylic acids is 1. The van der Waals surface area contributed by atoms with Gasteiger partial charge in [-0.05, 0) is 49.1 Å². The number of carbonyl (C=O) groups is 2. The lowest BCUT2D eigenvalue weighted by molar-refractivity contribution is -0.299. The Kier molecular flexibility index (Phi) is 6.09. The second-order valence-electron chi connectivity index (χ2n) is 4.28. The van der Waals surface area contributed by atoms with Gasteiger partial charge in [0.2, 0.25) is 0 Å². The molecule has 0 spiro atoms. The van der Waals surface area contributed by atoms with Gasteiger partial charge in [0.15, 0.2) is 0 Å². The Bertz CT molecular complexity index is 482. The summed E-state index contributed by atoms with van der Waals surface area (Å²) in [5.41, 5.74) is 0.643. The number of nitrogens with one attached hydrogen (secondary N) is 2. The van der Waals surface area contributed by atoms with Crippen LogP contribution in [-0.4, -0.2) is 23.7 Å². The number of aliphatic carboxylic acids is 1. The lowest BCUT2D eigenvalue weighted by Crippen LogP contribution is -2.29. The van der Waals surface area contributed by atoms with Gasteiger partial charge < -0.3 is 25.6 Å². The summed E-state index contributed by atoms with van der Waals surface area (Å²) in [6, 6.07) is 5.76. The number of anilines is 1. The number of rotatable bonds is 7. The van der Waals surface area contributed by atoms with Crippen molar-refractivity contribution >= 4 is 17.7 Å². The number of amides is 2. The molecule has 3 N–H and O–H groups in total. The topological polar surface area (TPSA) is 101 Å². The van der Waals surface area contributed by atoms with E-state index in [0.29, 0.717) is 31.5 Å². The number of phenolic OH excluding ortho intramolecular Hbond substituents is 1. The molecule has 1 aromatic rings. The van der Waals surface area contributed by atoms with Crippen molar-refractivity contribution in [2.45, 2.75) is 19.3 Å². The van der Waals surface area contributed by atoms with Crippen LogP contribution in [0.5, 0.6) is 5.75 Å². The van der Waals surface area contributed by atoms with Gasteiger partial charge in [-0.2, -0.15) is 0 Å². The molecule has 0 aliphatic carbocycles. The second-order valence-corrected chi connectivity index (χ2v) is 4.28. The Morgan fingerprint density at radius 2 is 1.85 bits per heavy atom. The number of unbranched alkanes of at least 4 members (excludes halogenated alkanes) is 1. The Morgan fingerprint density at radius 3 is 2.45 bits per heavy atom. The molecule has 6 heteroatoms. The van der Waals surface area contributed by atoms with Crippen LogP contribution in [0.15, 0.2) is 36.4 Å². The molecule has 2 amide bonds. The van der Waals surface area contributed by atoms with Gasteiger partial charge in [0.1, 0.15) is 5.75 Å². The lowest BCUT2D eigenvalue weighted by Gasteiger charge is -2.08. The fourth-order valence-electron chi connectivity index (χ4n) is 1.49. The van der Waals surface area contributed by atoms with Gasteiger partial charge in [-0.25, -0.2) is 4.79 Å². The first-order valence-electron chi connectivity index (χ1n) is 6.22. The van der Waals surface area contributed by atoms with Gasteiger partial charge in [0, 0.05) is 12.2 Å². The Balaban J connectivity index is 2.16. The van der Waals surface area contributed by atoms with Crippen LogP contribution in [0.4, 0.5) is 10.5 Å². The van der Waals surface area contributed by atoms with E-state index < -0.39 is 5.97 Å². The van der Waals surface area contributed by atoms with Crippen LogP contribution in [0.1, 0.15) is 19.3 Å². The van der Waals surface area contributed by atoms with Crippen molar-refractivity contribution in [1.29, 1.82) is 0 Å². The van der Waals surface area contributed by atoms with Crippen LogP contribution >= 0.6 is 0 Å². The van der Waals surface area contributed by atoms with E-state index in [1.54, 1.807) is 12.1 Å². The van der Waals surface area contributed by atoms with Gasteiger partial charge in [0.25, 0.3) is 0 Å². The summed E-state index contributed by atoms with van der Waals surface area (Å²) in [5, 5.41) is 24.7. The third-order valence-corrected chi connectivity index (χ3v) is 2.60. The quantitative estimate of drug-likeness (QED) is 0.393. The molecular weight excluding hydrogens is 260 g/mol. The molecule has 6 nitrogen and oxygen atoms in total. The summed E-state index contributed by atoms with van der Waals surface area (Å²) in [7, 11) is 0. The predicted octanol–water partition coefficient (Wildman–Crippen LogP) is 0.990. The molecule has 0 heterocycles. The molecule has 0 fully saturated rings. The van der Waals surface area contributed by atoms with Gasteiger partial charge >= 0.3 is 6.03 Å². The van der Waals surface area contributed by atoms with Crippen LogP contribution < -0.4 is 15.7 Å². The van der Waals surface area contributed by atoms with Crippen molar-refractivity contribution < 1.29 is 19.8 Å². The minimum Gasteiger partial charge on any atom is -0.545 e. The molecule has 108 valence electrons. The molecule has 0 saturated carbocycles. The number of aromatic hydroxyl groups is 1. The third-order valence-electron chi connectivity index (χ3n) is 2.60. The Hall–Kier alpha value is -2.50. The lowest BCUT2D eigenvalue weighted by atomic mass is 10.1. The van der Waals surface area contributed by atoms with Crippen LogP contribution in [0.3, 0.4) is 0 Å². The van der Waals surface area contributed by atoms with E-state index >= 15 is 0 Å². The van der Waals surface area contributed by atoms with Gasteiger partial charge in [-0.1, -0.05) is 6.58 Å². The molecule has 20 heavy (non-hydrogen) atoms. The Labute approximate surface area is 117 Å². The van der Waals surface area contributed by atoms with E-state index in [9.17, 15) is 14.7 Å². The van der Waals surface area contributed by atoms with Crippen molar-refractivity contribution in [3.63, 3.8) is 0 Å². The zero-order valence-electron chi connectivity index (χ0n) is 11.0. The number of benzene rings is 1. The molecule has 0 bridgehead atoms. The summed E-state index contributed by atoms with van der Waals surface area (Å²) in [6.45, 7) is 3.80. The molecule has 0 atom stereocenters. The molecule has 0 aliphatic rings. The van der Waals surface area contributed by atoms with Crippen molar-refractivity contribution in [3.05, 3.63) is 36.4 Å². The maximum Gasteiger partial charge on any atom is 0.319 e. The van der Waals surface area contributed by atoms with Crippen molar-refractivity contribution in [2.75, 3.05) is 11.9 Å². The fourth-order valence-corrected chi connectivity index (χ4v) is 1.49. The highest BCUT2D eigenvalue weighted by atomic mass is 16.4. The SMILES string of the molecule is C=C(CCCCNC(=O)Nc1ccc(O)cc1)C(=O)[O-]. The van der Waals surface area contributed by atoms with Crippen LogP contribution in [0, 0.1) is 0 Å². The second kappa shape index (κ2) is 7.83. The van der Waals surface area contributed by atoms with E-state index in [0.717, 1.165) is 0 Å². The normalized spacial score (nSPS) is 9.80. The molecule has 0 aromatic heterocycles. The molecule has 0 saturated heterocycles. The molecule has 1 aromatic carbocycles. The highest BCUT2D eigenvalue weighted by molar-refractivity contribution is 5.89. The first-order valence-corrected chi connectivity index (χ1v) is 6.22. The van der Waals surface area contributed by atoms with E-state index in [-0.39, 0.29) is 17.4 Å². The van der Waals surface area contributed by atoms with E-state index in [1.807, 2.05) is 0 Å². The van der Waals surface area contributed by atoms with Gasteiger partial charge in [-0.3, -0.25) is 0 Å². The standard InChI is InChI=1S/C14H18N2O4/c1-10(13(18)19)4-2-3-9-15-14(20)16-11-5-7-12(17)8-6-11/h5-8,17H,1-4,9H2,(H,18,19)(H2,15,16,20)/p-1. The molecule has 1 rings (SSSR count). The van der Waals surface area contributed by atoms with Crippen LogP contribution in [0.2, 0.25) is 0 Å². The zero-order chi connectivity index (χ0) is 15.0. The number of urea groups is 1. The average molecular weight is 277 g/mol. The maximum atomic E-state index is 11.5. The molecule has 0 radical (unpaired) electrons. The molecule has 0 unspecified atom stereocenters. The smallest absolute Gasteiger partial charge is 0.319 e. The summed E-state index contributed by atoms with van der Waals surface area (Å²) in [6.07, 6.45) is 1.62. The number of hydrogen-bond acceptors (Lipinski definition) is 4. The summed E-state index contributed by atoms with van der Waals surface area (Å²) in [4.78, 5) is 21.9. The van der Waals surface area contributed by atoms with E-state index in [2.05, 4.69) is 17.2 Å². The monoisotopic (exact) mass is 277 g/mol. The third kappa shape index (κ3) is 5.90. The number of hydrogen-bond donors (Lipinski definition) is 3. The zero-order valence-corrected chi connectivity index (χ0v) is 11.0. The van der Waals surface area contributed by atoms with Crippen molar-refractivity contribution in [3.8, 4) is 5.75 Å². The number of phenols is 1. The minimum atomic E-state index is -1.23. The maximum absolute atomic E-state index is 11.5. The van der Waals surface area contributed by atoms with Crippen LogP contribution in [0.25, 0.3) is 0 Å². The average Bonchev–Trinajstić information content (AvgIpc) is 2.40. The van der Waals surface area contributed by atoms with Gasteiger partial charge in [0.05, 0.1) is 5.97 Å². The van der Waals surface area contributed by atoms with Crippen molar-refractivity contribution in [1.82, 2.24) is 5.32 Å². The number of carboxylic acid groups (broad SMARTS) is 1. The first kappa shape index (κ1) is 15.6. The van der Waals surface area contributed by atoms with Crippen molar-refractivity contribution in [2.24, 2.45) is 0 Å². The Morgan fingerprint density at radius 1 is 1.20 bits per heavy atom. The fraction of sp³-hybridized carbons (Fsp3) is 0.286. The molecular formula is C14H17N2O4-. The highest BCUT2D eigenvalue weighted by Gasteiger charge is 2.01. The predicted molar refractivity (Wildman–Crippen MR) is 73.1 cm³/mol. The minimum absolute atomic E-state index is 0.0681. The van der Waals surface area contributed by atoms with Gasteiger partial charge in [-0.15, -0.1) is 0 Å². The molecule has 0 aliphatic heterocycles. The first-order chi connectivity index (χ1) is 9.49.